The molecule has 0 spiro atoms. The van der Waals surface area contributed by atoms with Crippen molar-refractivity contribution in [3.05, 3.63) is 47.5 Å². The molecule has 0 saturated heterocycles. The predicted octanol–water partition coefficient (Wildman–Crippen LogP) is 4.06. The van der Waals surface area contributed by atoms with Crippen molar-refractivity contribution in [3.8, 4) is 0 Å². The Hall–Kier alpha value is -2.89. The summed E-state index contributed by atoms with van der Waals surface area (Å²) in [7, 11) is 0. The van der Waals surface area contributed by atoms with Crippen LogP contribution in [0.2, 0.25) is 0 Å². The molecule has 2 aromatic heterocycles. The minimum absolute atomic E-state index is 0.0365. The molecule has 6 heteroatoms. The van der Waals surface area contributed by atoms with Crippen molar-refractivity contribution in [2.45, 2.75) is 39.2 Å². The molecule has 6 nitrogen and oxygen atoms in total. The second-order valence-corrected chi connectivity index (χ2v) is 6.90. The molecule has 0 aliphatic heterocycles. The summed E-state index contributed by atoms with van der Waals surface area (Å²) in [6.07, 6.45) is 3.62. The van der Waals surface area contributed by atoms with Crippen molar-refractivity contribution in [3.63, 3.8) is 0 Å². The van der Waals surface area contributed by atoms with Crippen molar-refractivity contribution in [2.24, 2.45) is 0 Å². The number of nitrogens with zero attached hydrogens (tertiary/aromatic N) is 2. The molecule has 1 aliphatic carbocycles. The van der Waals surface area contributed by atoms with Crippen LogP contribution in [-0.2, 0) is 0 Å². The molecule has 128 valence electrons. The van der Waals surface area contributed by atoms with Crippen LogP contribution in [-0.4, -0.2) is 21.4 Å². The van der Waals surface area contributed by atoms with Crippen LogP contribution in [0.3, 0.4) is 0 Å². The fourth-order valence-corrected chi connectivity index (χ4v) is 2.81. The van der Waals surface area contributed by atoms with Crippen LogP contribution in [0.4, 0.5) is 11.5 Å². The predicted molar refractivity (Wildman–Crippen MR) is 96.9 cm³/mol. The lowest BCUT2D eigenvalue weighted by Gasteiger charge is -2.14. The number of benzene rings is 1. The number of para-hydroxylation sites is 1. The van der Waals surface area contributed by atoms with E-state index in [1.807, 2.05) is 38.1 Å². The summed E-state index contributed by atoms with van der Waals surface area (Å²) in [5.41, 5.74) is 2.67. The molecule has 1 saturated carbocycles. The van der Waals surface area contributed by atoms with Crippen LogP contribution in [0, 0.1) is 13.8 Å². The highest BCUT2D eigenvalue weighted by atomic mass is 16.3. The smallest absolute Gasteiger partial charge is 0.259 e. The molecule has 4 rings (SSSR count). The molecular weight excluding hydrogens is 316 g/mol. The molecule has 1 fully saturated rings. The Balaban J connectivity index is 1.74. The molecule has 0 unspecified atom stereocenters. The van der Waals surface area contributed by atoms with Gasteiger partial charge in [-0.1, -0.05) is 18.2 Å². The number of fused-ring (bicyclic) bond motifs is 1. The van der Waals surface area contributed by atoms with Crippen LogP contribution in [0.5, 0.6) is 0 Å². The molecule has 0 bridgehead atoms. The van der Waals surface area contributed by atoms with Gasteiger partial charge in [-0.15, -0.1) is 0 Å². The number of aryl methyl sites for hydroxylation is 2. The quantitative estimate of drug-likeness (QED) is 0.751. The molecule has 3 aromatic rings. The molecule has 2 heterocycles. The number of furan rings is 1. The first kappa shape index (κ1) is 15.6. The van der Waals surface area contributed by atoms with E-state index in [4.69, 9.17) is 4.42 Å². The summed E-state index contributed by atoms with van der Waals surface area (Å²) in [5.74, 6) is 1.04. The highest BCUT2D eigenvalue weighted by molar-refractivity contribution is 6.14. The van der Waals surface area contributed by atoms with E-state index in [0.717, 1.165) is 24.1 Å². The van der Waals surface area contributed by atoms with E-state index in [1.54, 1.807) is 0 Å². The van der Waals surface area contributed by atoms with Crippen molar-refractivity contribution >= 4 is 28.5 Å². The number of nitrogens with one attached hydrogen (secondary N) is 2. The first-order valence-corrected chi connectivity index (χ1v) is 8.36. The van der Waals surface area contributed by atoms with E-state index in [9.17, 15) is 4.79 Å². The average molecular weight is 336 g/mol. The fourth-order valence-electron chi connectivity index (χ4n) is 2.81. The van der Waals surface area contributed by atoms with Crippen LogP contribution in [0.15, 0.2) is 34.9 Å². The Bertz CT molecular complexity index is 973. The molecule has 25 heavy (non-hydrogen) atoms. The molecule has 0 radical (unpaired) electrons. The van der Waals surface area contributed by atoms with Gasteiger partial charge in [-0.2, -0.15) is 4.98 Å². The third-order valence-corrected chi connectivity index (χ3v) is 4.60. The SMILES string of the molecule is Cc1nc(NC2(C)CC2)c2c(C(=O)Nc3ccccc3C)coc2n1. The lowest BCUT2D eigenvalue weighted by Crippen LogP contribution is -2.19. The number of carbonyl (C=O) groups is 1. The third kappa shape index (κ3) is 2.95. The number of hydrogen-bond donors (Lipinski definition) is 2. The number of hydrogen-bond acceptors (Lipinski definition) is 5. The molecule has 2 N–H and O–H groups in total. The largest absolute Gasteiger partial charge is 0.445 e. The maximum atomic E-state index is 12.8. The number of amides is 1. The lowest BCUT2D eigenvalue weighted by molar-refractivity contribution is 0.102. The van der Waals surface area contributed by atoms with E-state index in [2.05, 4.69) is 27.5 Å². The van der Waals surface area contributed by atoms with E-state index in [0.29, 0.717) is 28.3 Å². The van der Waals surface area contributed by atoms with Gasteiger partial charge in [-0.25, -0.2) is 4.98 Å². The minimum atomic E-state index is -0.232. The standard InChI is InChI=1S/C19H20N4O2/c1-11-6-4-5-7-14(11)22-17(24)13-10-25-18-15(13)16(20-12(2)21-18)23-19(3)8-9-19/h4-7,10H,8-9H2,1-3H3,(H,22,24)(H,20,21,23). The topological polar surface area (TPSA) is 80.0 Å². The molecular formula is C19H20N4O2. The molecule has 1 aromatic carbocycles. The van der Waals surface area contributed by atoms with Gasteiger partial charge >= 0.3 is 0 Å². The minimum Gasteiger partial charge on any atom is -0.445 e. The summed E-state index contributed by atoms with van der Waals surface area (Å²) in [6.45, 7) is 5.91. The highest BCUT2D eigenvalue weighted by Crippen LogP contribution is 2.40. The van der Waals surface area contributed by atoms with Gasteiger partial charge in [-0.3, -0.25) is 4.79 Å². The normalized spacial score (nSPS) is 15.2. The summed E-state index contributed by atoms with van der Waals surface area (Å²) < 4.78 is 5.54. The number of anilines is 2. The summed E-state index contributed by atoms with van der Waals surface area (Å²) in [6, 6.07) is 7.66. The first-order chi connectivity index (χ1) is 12.0. The Morgan fingerprint density at radius 1 is 1.20 bits per heavy atom. The molecule has 1 amide bonds. The van der Waals surface area contributed by atoms with Crippen molar-refractivity contribution in [1.82, 2.24) is 9.97 Å². The van der Waals surface area contributed by atoms with Crippen molar-refractivity contribution in [2.75, 3.05) is 10.6 Å². The van der Waals surface area contributed by atoms with Gasteiger partial charge in [0.1, 0.15) is 17.9 Å². The van der Waals surface area contributed by atoms with Gasteiger partial charge in [0, 0.05) is 11.2 Å². The summed E-state index contributed by atoms with van der Waals surface area (Å²) in [5, 5.41) is 7.01. The zero-order valence-electron chi connectivity index (χ0n) is 14.5. The van der Waals surface area contributed by atoms with Crippen LogP contribution < -0.4 is 10.6 Å². The second kappa shape index (κ2) is 5.58. The second-order valence-electron chi connectivity index (χ2n) is 6.90. The van der Waals surface area contributed by atoms with E-state index < -0.39 is 0 Å². The van der Waals surface area contributed by atoms with Gasteiger partial charge in [0.15, 0.2) is 0 Å². The zero-order valence-corrected chi connectivity index (χ0v) is 14.5. The van der Waals surface area contributed by atoms with E-state index in [-0.39, 0.29) is 11.4 Å². The van der Waals surface area contributed by atoms with Crippen molar-refractivity contribution in [1.29, 1.82) is 0 Å². The van der Waals surface area contributed by atoms with Crippen LogP contribution in [0.1, 0.15) is 41.5 Å². The van der Waals surface area contributed by atoms with Gasteiger partial charge in [0.05, 0.1) is 10.9 Å². The maximum Gasteiger partial charge on any atom is 0.259 e. The Kier molecular flexibility index (Phi) is 3.49. The first-order valence-electron chi connectivity index (χ1n) is 8.36. The number of rotatable bonds is 4. The number of carbonyl (C=O) groups excluding carboxylic acids is 1. The van der Waals surface area contributed by atoms with E-state index >= 15 is 0 Å². The monoisotopic (exact) mass is 336 g/mol. The Labute approximate surface area is 145 Å². The van der Waals surface area contributed by atoms with Crippen LogP contribution in [0.25, 0.3) is 11.1 Å². The third-order valence-electron chi connectivity index (χ3n) is 4.60. The molecule has 0 atom stereocenters. The van der Waals surface area contributed by atoms with Gasteiger partial charge in [-0.05, 0) is 45.2 Å². The van der Waals surface area contributed by atoms with Gasteiger partial charge in [0.25, 0.3) is 5.91 Å². The van der Waals surface area contributed by atoms with E-state index in [1.165, 1.54) is 6.26 Å². The lowest BCUT2D eigenvalue weighted by atomic mass is 10.1. The Morgan fingerprint density at radius 2 is 1.96 bits per heavy atom. The van der Waals surface area contributed by atoms with Crippen molar-refractivity contribution < 1.29 is 9.21 Å². The fraction of sp³-hybridized carbons (Fsp3) is 0.316. The zero-order chi connectivity index (χ0) is 17.6. The Morgan fingerprint density at radius 3 is 2.68 bits per heavy atom. The maximum absolute atomic E-state index is 12.8. The highest BCUT2D eigenvalue weighted by Gasteiger charge is 2.38. The number of aromatic nitrogens is 2. The summed E-state index contributed by atoms with van der Waals surface area (Å²) >= 11 is 0. The van der Waals surface area contributed by atoms with Crippen LogP contribution >= 0.6 is 0 Å². The van der Waals surface area contributed by atoms with Gasteiger partial charge < -0.3 is 15.1 Å². The average Bonchev–Trinajstić information content (AvgIpc) is 3.12. The molecule has 1 aliphatic rings. The summed E-state index contributed by atoms with van der Waals surface area (Å²) in [4.78, 5) is 21.6. The van der Waals surface area contributed by atoms with Gasteiger partial charge in [0.2, 0.25) is 5.71 Å².